The highest BCUT2D eigenvalue weighted by Crippen LogP contribution is 2.74. The van der Waals surface area contributed by atoms with E-state index in [4.69, 9.17) is 11.0 Å². The Morgan fingerprint density at radius 2 is 1.97 bits per heavy atom. The first-order valence-electron chi connectivity index (χ1n) is 8.89. The van der Waals surface area contributed by atoms with Gasteiger partial charge in [0.2, 0.25) is 0 Å². The SMILES string of the molecule is C[C@]1(c2cc(C#Cc3ccc(C#N)cn3)ccc2F)N=C(N)S[C@]2(CO)[C@H]1C2(F)F. The average molecular weight is 428 g/mol. The van der Waals surface area contributed by atoms with Crippen molar-refractivity contribution < 1.29 is 18.3 Å². The number of rotatable bonds is 2. The number of hydrogen-bond donors (Lipinski definition) is 2. The fraction of sp³-hybridized carbons (Fsp3) is 0.286. The lowest BCUT2D eigenvalue weighted by molar-refractivity contribution is 0.0685. The Labute approximate surface area is 174 Å². The lowest BCUT2D eigenvalue weighted by Gasteiger charge is -2.32. The first-order chi connectivity index (χ1) is 14.2. The minimum Gasteiger partial charge on any atom is -0.395 e. The molecule has 0 amide bonds. The molecule has 152 valence electrons. The number of halogens is 3. The molecule has 0 saturated heterocycles. The highest BCUT2D eigenvalue weighted by molar-refractivity contribution is 8.15. The molecule has 1 aliphatic heterocycles. The number of nitrogens with two attached hydrogens (primary N) is 1. The molecular formula is C21H15F3N4OS. The molecule has 3 N–H and O–H groups in total. The lowest BCUT2D eigenvalue weighted by atomic mass is 9.84. The second kappa shape index (κ2) is 6.76. The van der Waals surface area contributed by atoms with Gasteiger partial charge in [-0.3, -0.25) is 4.99 Å². The van der Waals surface area contributed by atoms with Crippen molar-refractivity contribution in [1.29, 1.82) is 5.26 Å². The largest absolute Gasteiger partial charge is 0.395 e. The smallest absolute Gasteiger partial charge is 0.272 e. The molecule has 0 spiro atoms. The number of pyridine rings is 1. The molecule has 4 rings (SSSR count). The fourth-order valence-electron chi connectivity index (χ4n) is 3.98. The van der Waals surface area contributed by atoms with E-state index >= 15 is 0 Å². The van der Waals surface area contributed by atoms with Crippen LogP contribution in [0.2, 0.25) is 0 Å². The van der Waals surface area contributed by atoms with E-state index in [1.165, 1.54) is 25.3 Å². The van der Waals surface area contributed by atoms with Crippen molar-refractivity contribution in [3.05, 3.63) is 64.7 Å². The number of aliphatic hydroxyl groups is 1. The van der Waals surface area contributed by atoms with E-state index < -0.39 is 34.6 Å². The van der Waals surface area contributed by atoms with E-state index in [0.29, 0.717) is 28.6 Å². The van der Waals surface area contributed by atoms with Crippen LogP contribution in [0.3, 0.4) is 0 Å². The van der Waals surface area contributed by atoms with Crippen LogP contribution < -0.4 is 5.73 Å². The van der Waals surface area contributed by atoms with Gasteiger partial charge >= 0.3 is 0 Å². The van der Waals surface area contributed by atoms with Gasteiger partial charge in [0, 0.05) is 17.3 Å². The molecule has 1 aromatic heterocycles. The average Bonchev–Trinajstić information content (AvgIpc) is 3.23. The van der Waals surface area contributed by atoms with E-state index in [9.17, 15) is 18.3 Å². The van der Waals surface area contributed by atoms with Gasteiger partial charge in [-0.2, -0.15) is 5.26 Å². The summed E-state index contributed by atoms with van der Waals surface area (Å²) in [5.74, 6) is 0.243. The maximum Gasteiger partial charge on any atom is 0.272 e. The molecule has 3 atom stereocenters. The van der Waals surface area contributed by atoms with Crippen LogP contribution in [0.1, 0.15) is 29.3 Å². The number of aliphatic imine (C=N–C) groups is 1. The number of hydrogen-bond acceptors (Lipinski definition) is 6. The number of amidine groups is 1. The minimum atomic E-state index is -3.26. The molecular weight excluding hydrogens is 413 g/mol. The van der Waals surface area contributed by atoms with Gasteiger partial charge in [-0.25, -0.2) is 18.2 Å². The van der Waals surface area contributed by atoms with Gasteiger partial charge in [-0.1, -0.05) is 17.7 Å². The molecule has 2 heterocycles. The van der Waals surface area contributed by atoms with Crippen LogP contribution in [0.25, 0.3) is 0 Å². The summed E-state index contributed by atoms with van der Waals surface area (Å²) < 4.78 is 42.3. The normalized spacial score (nSPS) is 28.4. The molecule has 5 nitrogen and oxygen atoms in total. The van der Waals surface area contributed by atoms with Crippen LogP contribution in [0.4, 0.5) is 13.2 Å². The number of thioether (sulfide) groups is 1. The molecule has 0 radical (unpaired) electrons. The second-order valence-electron chi connectivity index (χ2n) is 7.29. The Hall–Kier alpha value is -3.01. The molecule has 0 unspecified atom stereocenters. The van der Waals surface area contributed by atoms with E-state index in [1.54, 1.807) is 12.1 Å². The van der Waals surface area contributed by atoms with Crippen LogP contribution in [-0.4, -0.2) is 32.5 Å². The zero-order valence-electron chi connectivity index (χ0n) is 15.7. The van der Waals surface area contributed by atoms with E-state index in [-0.39, 0.29) is 10.7 Å². The highest BCUT2D eigenvalue weighted by atomic mass is 32.2. The molecule has 1 aromatic carbocycles. The zero-order valence-corrected chi connectivity index (χ0v) is 16.5. The van der Waals surface area contributed by atoms with Crippen molar-refractivity contribution in [2.24, 2.45) is 16.6 Å². The van der Waals surface area contributed by atoms with Crippen LogP contribution in [0.15, 0.2) is 41.5 Å². The summed E-state index contributed by atoms with van der Waals surface area (Å²) in [5.41, 5.74) is 5.23. The third-order valence-corrected chi connectivity index (χ3v) is 6.78. The summed E-state index contributed by atoms with van der Waals surface area (Å²) in [7, 11) is 0. The summed E-state index contributed by atoms with van der Waals surface area (Å²) in [5, 5.41) is 18.3. The number of nitrogens with zero attached hydrogens (tertiary/aromatic N) is 3. The monoisotopic (exact) mass is 428 g/mol. The number of alkyl halides is 2. The predicted molar refractivity (Wildman–Crippen MR) is 106 cm³/mol. The molecule has 1 fully saturated rings. The van der Waals surface area contributed by atoms with Gasteiger partial charge < -0.3 is 10.8 Å². The van der Waals surface area contributed by atoms with E-state index in [0.717, 1.165) is 6.07 Å². The van der Waals surface area contributed by atoms with E-state index in [2.05, 4.69) is 21.8 Å². The van der Waals surface area contributed by atoms with Crippen molar-refractivity contribution in [3.63, 3.8) is 0 Å². The van der Waals surface area contributed by atoms with E-state index in [1.807, 2.05) is 6.07 Å². The quantitative estimate of drug-likeness (QED) is 0.718. The van der Waals surface area contributed by atoms with Crippen LogP contribution >= 0.6 is 11.8 Å². The molecule has 30 heavy (non-hydrogen) atoms. The standard InChI is InChI=1S/C21H15F3N4OS/c1-19(17-20(11-29,21(17,23)24)30-18(26)28-19)15-8-12(4-7-16(15)22)2-5-14-6-3-13(9-25)10-27-14/h3-4,6-8,10,17,29H,11H2,1H3,(H2,26,28)/t17-,19+,20+/m0/s1. The summed E-state index contributed by atoms with van der Waals surface area (Å²) in [6, 6.07) is 9.03. The van der Waals surface area contributed by atoms with Gasteiger partial charge in [0.15, 0.2) is 5.17 Å². The predicted octanol–water partition coefficient (Wildman–Crippen LogP) is 2.77. The van der Waals surface area contributed by atoms with Crippen molar-refractivity contribution >= 4 is 16.9 Å². The highest BCUT2D eigenvalue weighted by Gasteiger charge is 2.87. The number of fused-ring (bicyclic) bond motifs is 1. The zero-order chi connectivity index (χ0) is 21.7. The summed E-state index contributed by atoms with van der Waals surface area (Å²) in [6.07, 6.45) is 1.38. The Morgan fingerprint density at radius 3 is 2.60 bits per heavy atom. The molecule has 1 aliphatic carbocycles. The third-order valence-electron chi connectivity index (χ3n) is 5.48. The van der Waals surface area contributed by atoms with Crippen LogP contribution in [-0.2, 0) is 5.54 Å². The third kappa shape index (κ3) is 2.85. The Bertz CT molecular complexity index is 1170. The molecule has 2 aliphatic rings. The minimum absolute atomic E-state index is 0.0645. The Kier molecular flexibility index (Phi) is 4.57. The van der Waals surface area contributed by atoms with Crippen molar-refractivity contribution in [3.8, 4) is 17.9 Å². The number of nitriles is 1. The van der Waals surface area contributed by atoms with Gasteiger partial charge in [-0.05, 0) is 43.2 Å². The molecule has 2 aromatic rings. The van der Waals surface area contributed by atoms with Crippen molar-refractivity contribution in [2.75, 3.05) is 6.61 Å². The van der Waals surface area contributed by atoms with Crippen molar-refractivity contribution in [2.45, 2.75) is 23.1 Å². The van der Waals surface area contributed by atoms with Gasteiger partial charge in [0.25, 0.3) is 5.92 Å². The molecule has 1 saturated carbocycles. The maximum absolute atomic E-state index is 14.7. The summed E-state index contributed by atoms with van der Waals surface area (Å²) in [4.78, 5) is 8.21. The van der Waals surface area contributed by atoms with Crippen molar-refractivity contribution in [1.82, 2.24) is 4.98 Å². The Balaban J connectivity index is 1.75. The second-order valence-corrected chi connectivity index (χ2v) is 8.64. The summed E-state index contributed by atoms with van der Waals surface area (Å²) in [6.45, 7) is 0.597. The van der Waals surface area contributed by atoms with Gasteiger partial charge in [0.1, 0.15) is 22.3 Å². The maximum atomic E-state index is 14.7. The number of aromatic nitrogens is 1. The van der Waals surface area contributed by atoms with Crippen LogP contribution in [0.5, 0.6) is 0 Å². The molecule has 9 heteroatoms. The Morgan fingerprint density at radius 1 is 1.23 bits per heavy atom. The number of benzene rings is 1. The van der Waals surface area contributed by atoms with Gasteiger partial charge in [0.05, 0.1) is 23.6 Å². The first-order valence-corrected chi connectivity index (χ1v) is 9.71. The van der Waals surface area contributed by atoms with Crippen LogP contribution in [0, 0.1) is 34.9 Å². The fourth-order valence-corrected chi connectivity index (χ4v) is 5.34. The topological polar surface area (TPSA) is 95.3 Å². The summed E-state index contributed by atoms with van der Waals surface area (Å²) >= 11 is 0.633. The van der Waals surface area contributed by atoms with Gasteiger partial charge in [-0.15, -0.1) is 0 Å². The lowest BCUT2D eigenvalue weighted by Crippen LogP contribution is -2.37. The molecule has 0 bridgehead atoms. The first kappa shape index (κ1) is 20.3. The number of aliphatic hydroxyl groups excluding tert-OH is 1.